The van der Waals surface area contributed by atoms with E-state index in [1.54, 1.807) is 0 Å². The number of hydrogen-bond donors (Lipinski definition) is 0. The molecule has 2 saturated heterocycles. The molecule has 10 heteroatoms. The molecule has 0 saturated carbocycles. The normalized spacial score (nSPS) is 14.2. The predicted octanol–water partition coefficient (Wildman–Crippen LogP) is 17.8. The Labute approximate surface area is 423 Å². The Kier molecular flexibility index (Phi) is 24.5. The standard InChI is InChI=1S/2C27H38N2.4ClH.2Pd/c2*1-18(2)22-11-9-12-23(19(3)4)26(22)28-15-16-29(17-28)27-24(20(5)6)13-10-14-25(27)21(7)8;;;;;;/h2*9-14,18-21H,15-16H2,1-8H3;4*1H;;/q;;;;;;2*+2/p-4. The molecular weight excluding hydrogens is 1060 g/mol. The number of benzene rings is 4. The van der Waals surface area contributed by atoms with Gasteiger partial charge in [-0.3, -0.25) is 0 Å². The average Bonchev–Trinajstić information content (AvgIpc) is 3.94. The van der Waals surface area contributed by atoms with Crippen LogP contribution in [0.15, 0.2) is 72.8 Å². The minimum atomic E-state index is -0.106. The van der Waals surface area contributed by atoms with Gasteiger partial charge in [-0.25, -0.2) is 0 Å². The fraction of sp³-hybridized carbons (Fsp3) is 0.519. The van der Waals surface area contributed by atoms with Crippen molar-refractivity contribution >= 4 is 60.9 Å². The van der Waals surface area contributed by atoms with Crippen molar-refractivity contribution in [2.75, 3.05) is 45.8 Å². The topological polar surface area (TPSA) is 13.0 Å². The first-order valence-electron chi connectivity index (χ1n) is 23.1. The van der Waals surface area contributed by atoms with Crippen LogP contribution in [0.3, 0.4) is 0 Å². The molecule has 6 rings (SSSR count). The molecule has 64 heavy (non-hydrogen) atoms. The van der Waals surface area contributed by atoms with Crippen molar-refractivity contribution in [2.24, 2.45) is 0 Å². The molecule has 2 fully saturated rings. The van der Waals surface area contributed by atoms with Crippen molar-refractivity contribution in [3.8, 4) is 0 Å². The van der Waals surface area contributed by atoms with Crippen LogP contribution in [-0.4, -0.2) is 26.2 Å². The molecule has 2 aliphatic heterocycles. The molecular formula is C54H76Cl4N4Pd2. The van der Waals surface area contributed by atoms with Crippen LogP contribution in [0.2, 0.25) is 0 Å². The monoisotopic (exact) mass is 1130 g/mol. The molecule has 4 aromatic rings. The molecule has 4 radical (unpaired) electrons. The fourth-order valence-corrected chi connectivity index (χ4v) is 8.83. The van der Waals surface area contributed by atoms with Gasteiger partial charge in [0, 0.05) is 48.9 Å². The molecule has 0 aliphatic carbocycles. The van der Waals surface area contributed by atoms with Crippen molar-refractivity contribution in [3.05, 3.63) is 131 Å². The Balaban J connectivity index is 0.000000303. The van der Waals surface area contributed by atoms with E-state index in [1.807, 2.05) is 0 Å². The van der Waals surface area contributed by atoms with Crippen LogP contribution in [0.25, 0.3) is 0 Å². The Morgan fingerprint density at radius 1 is 0.312 bits per heavy atom. The number of hydrogen-bond acceptors (Lipinski definition) is 4. The van der Waals surface area contributed by atoms with Crippen LogP contribution in [-0.2, 0) is 31.9 Å². The summed E-state index contributed by atoms with van der Waals surface area (Å²) < 4.78 is 0. The summed E-state index contributed by atoms with van der Waals surface area (Å²) in [5.74, 6) is 3.95. The maximum atomic E-state index is 4.81. The first-order valence-corrected chi connectivity index (χ1v) is 31.1. The van der Waals surface area contributed by atoms with Gasteiger partial charge in [-0.1, -0.05) is 184 Å². The van der Waals surface area contributed by atoms with Crippen LogP contribution >= 0.6 is 38.1 Å². The van der Waals surface area contributed by atoms with Crippen LogP contribution in [0.1, 0.15) is 203 Å². The van der Waals surface area contributed by atoms with Gasteiger partial charge in [0.25, 0.3) is 0 Å². The summed E-state index contributed by atoms with van der Waals surface area (Å²) in [4.78, 5) is 9.52. The summed E-state index contributed by atoms with van der Waals surface area (Å²) in [5.41, 5.74) is 16.9. The summed E-state index contributed by atoms with van der Waals surface area (Å²) in [7, 11) is 19.3. The van der Waals surface area contributed by atoms with Gasteiger partial charge < -0.3 is 19.6 Å². The first kappa shape index (κ1) is 56.9. The zero-order valence-electron chi connectivity index (χ0n) is 41.3. The molecule has 0 unspecified atom stereocenters. The van der Waals surface area contributed by atoms with Crippen molar-refractivity contribution in [1.82, 2.24) is 0 Å². The van der Waals surface area contributed by atoms with Crippen LogP contribution in [0.4, 0.5) is 22.7 Å². The van der Waals surface area contributed by atoms with E-state index >= 15 is 0 Å². The SMILES string of the molecule is CC(C)c1cccc(C(C)C)c1N1[C]N(c2c(C(C)C)cccc2C(C)C)CC1.CC(C)c1cccc(C(C)C)c1N1[C]N(c2c(C(C)C)cccc2C(C)C)CC1.[Cl][Pd][Cl].[Cl][Pd][Cl]. The van der Waals surface area contributed by atoms with Gasteiger partial charge in [-0.15, -0.1) is 0 Å². The molecule has 2 aliphatic rings. The van der Waals surface area contributed by atoms with Gasteiger partial charge in [0.1, 0.15) is 0 Å². The molecule has 0 N–H and O–H groups in total. The second-order valence-corrected chi connectivity index (χ2v) is 24.0. The third-order valence-corrected chi connectivity index (χ3v) is 12.0. The Morgan fingerprint density at radius 2 is 0.438 bits per heavy atom. The van der Waals surface area contributed by atoms with E-state index in [-0.39, 0.29) is 31.9 Å². The Bertz CT molecular complexity index is 1630. The maximum absolute atomic E-state index is 4.81. The van der Waals surface area contributed by atoms with E-state index in [0.29, 0.717) is 47.3 Å². The van der Waals surface area contributed by atoms with Crippen molar-refractivity contribution < 1.29 is 31.9 Å². The third kappa shape index (κ3) is 14.8. The molecule has 2 heterocycles. The number of halogens is 4. The zero-order chi connectivity index (χ0) is 48.0. The van der Waals surface area contributed by atoms with E-state index in [4.69, 9.17) is 38.1 Å². The molecule has 0 atom stereocenters. The summed E-state index contributed by atoms with van der Waals surface area (Å²) in [6, 6.07) is 27.2. The van der Waals surface area contributed by atoms with Gasteiger partial charge in [0.15, 0.2) is 0 Å². The quantitative estimate of drug-likeness (QED) is 0.131. The summed E-state index contributed by atoms with van der Waals surface area (Å²) in [5, 5.41) is 0. The van der Waals surface area contributed by atoms with E-state index in [2.05, 4.69) is 217 Å². The predicted molar refractivity (Wildman–Crippen MR) is 278 cm³/mol. The number of para-hydroxylation sites is 4. The fourth-order valence-electron chi connectivity index (χ4n) is 8.83. The van der Waals surface area contributed by atoms with E-state index in [0.717, 1.165) is 26.2 Å². The third-order valence-electron chi connectivity index (χ3n) is 12.0. The van der Waals surface area contributed by atoms with Crippen LogP contribution < -0.4 is 19.6 Å². The number of anilines is 4. The van der Waals surface area contributed by atoms with Crippen molar-refractivity contribution in [2.45, 2.75) is 158 Å². The Morgan fingerprint density at radius 3 is 0.547 bits per heavy atom. The molecule has 0 amide bonds. The zero-order valence-corrected chi connectivity index (χ0v) is 47.4. The van der Waals surface area contributed by atoms with E-state index in [9.17, 15) is 0 Å². The van der Waals surface area contributed by atoms with Crippen molar-refractivity contribution in [3.63, 3.8) is 0 Å². The van der Waals surface area contributed by atoms with Gasteiger partial charge in [0.05, 0.1) is 0 Å². The van der Waals surface area contributed by atoms with E-state index < -0.39 is 0 Å². The number of nitrogens with zero attached hydrogens (tertiary/aromatic N) is 4. The van der Waals surface area contributed by atoms with Gasteiger partial charge in [-0.2, -0.15) is 0 Å². The molecule has 4 aromatic carbocycles. The Hall–Kier alpha value is -1.44. The number of rotatable bonds is 12. The van der Waals surface area contributed by atoms with Crippen molar-refractivity contribution in [1.29, 1.82) is 0 Å². The minimum absolute atomic E-state index is 0.106. The second kappa shape index (κ2) is 27.5. The average molecular weight is 1140 g/mol. The van der Waals surface area contributed by atoms with Gasteiger partial charge >= 0.3 is 70.0 Å². The molecule has 0 bridgehead atoms. The molecule has 0 spiro atoms. The van der Waals surface area contributed by atoms with Gasteiger partial charge in [0.2, 0.25) is 13.3 Å². The second-order valence-electron chi connectivity index (χ2n) is 19.3. The molecule has 0 aromatic heterocycles. The summed E-state index contributed by atoms with van der Waals surface area (Å²) in [6.45, 7) is 48.2. The first-order chi connectivity index (χ1) is 30.3. The molecule has 4 nitrogen and oxygen atoms in total. The van der Waals surface area contributed by atoms with E-state index in [1.165, 1.54) is 67.3 Å². The van der Waals surface area contributed by atoms with Crippen LogP contribution in [0, 0.1) is 13.3 Å². The summed E-state index contributed by atoms with van der Waals surface area (Å²) >= 11 is -0.211. The van der Waals surface area contributed by atoms with Crippen LogP contribution in [0.5, 0.6) is 0 Å². The summed E-state index contributed by atoms with van der Waals surface area (Å²) in [6.07, 6.45) is 0. The van der Waals surface area contributed by atoms with Gasteiger partial charge in [-0.05, 0) is 91.9 Å². The molecule has 360 valence electrons.